The summed E-state index contributed by atoms with van der Waals surface area (Å²) in [5.41, 5.74) is 10.8. The van der Waals surface area contributed by atoms with Crippen LogP contribution in [0.15, 0.2) is 0 Å². The Morgan fingerprint density at radius 3 is 2.50 bits per heavy atom. The van der Waals surface area contributed by atoms with Gasteiger partial charge in [-0.25, -0.2) is 5.90 Å². The Morgan fingerprint density at radius 2 is 2.07 bits per heavy atom. The number of ketones is 1. The van der Waals surface area contributed by atoms with Crippen molar-refractivity contribution >= 4 is 12.1 Å². The molecule has 14 heavy (non-hydrogen) atoms. The van der Waals surface area contributed by atoms with Gasteiger partial charge in [0.05, 0.1) is 6.04 Å². The van der Waals surface area contributed by atoms with Crippen molar-refractivity contribution in [1.82, 2.24) is 0 Å². The zero-order valence-electron chi connectivity index (χ0n) is 8.02. The highest BCUT2D eigenvalue weighted by Gasteiger charge is 2.23. The summed E-state index contributed by atoms with van der Waals surface area (Å²) < 4.78 is 0. The molecule has 0 radical (unpaired) electrons. The number of nitrogens with two attached hydrogens (primary N) is 3. The first-order valence-electron chi connectivity index (χ1n) is 4.47. The molecule has 0 aromatic rings. The predicted octanol–water partition coefficient (Wildman–Crippen LogP) is -1.53. The molecule has 0 saturated carbocycles. The zero-order valence-corrected chi connectivity index (χ0v) is 8.02. The third-order valence-corrected chi connectivity index (χ3v) is 1.89. The van der Waals surface area contributed by atoms with Crippen LogP contribution in [0.2, 0.25) is 0 Å². The Kier molecular flexibility index (Phi) is 7.13. The number of rotatable bonds is 8. The van der Waals surface area contributed by atoms with Crippen molar-refractivity contribution in [1.29, 1.82) is 0 Å². The Morgan fingerprint density at radius 1 is 1.43 bits per heavy atom. The first-order valence-corrected chi connectivity index (χ1v) is 4.47. The molecule has 6 N–H and O–H groups in total. The maximum Gasteiger partial charge on any atom is 0.193 e. The molecular formula is C8H17N3O3. The van der Waals surface area contributed by atoms with Gasteiger partial charge < -0.3 is 11.5 Å². The first-order chi connectivity index (χ1) is 6.67. The number of carbonyl (C=O) groups excluding carboxylic acids is 2. The van der Waals surface area contributed by atoms with Gasteiger partial charge in [-0.1, -0.05) is 6.42 Å². The Hall–Kier alpha value is -0.820. The van der Waals surface area contributed by atoms with E-state index in [9.17, 15) is 9.59 Å². The molecule has 0 spiro atoms. The minimum Gasteiger partial charge on any atom is -0.330 e. The van der Waals surface area contributed by atoms with Crippen molar-refractivity contribution in [2.24, 2.45) is 17.4 Å². The van der Waals surface area contributed by atoms with Crippen LogP contribution in [0.1, 0.15) is 19.3 Å². The molecule has 1 unspecified atom stereocenters. The highest BCUT2D eigenvalue weighted by atomic mass is 16.6. The second-order valence-corrected chi connectivity index (χ2v) is 2.99. The van der Waals surface area contributed by atoms with Gasteiger partial charge >= 0.3 is 0 Å². The van der Waals surface area contributed by atoms with Crippen LogP contribution in [0.5, 0.6) is 0 Å². The molecular weight excluding hydrogens is 186 g/mol. The van der Waals surface area contributed by atoms with Crippen molar-refractivity contribution in [2.45, 2.75) is 31.4 Å². The van der Waals surface area contributed by atoms with Crippen LogP contribution in [0.25, 0.3) is 0 Å². The summed E-state index contributed by atoms with van der Waals surface area (Å²) in [6, 6.07) is -0.708. The highest BCUT2D eigenvalue weighted by molar-refractivity contribution is 5.99. The van der Waals surface area contributed by atoms with E-state index in [4.69, 9.17) is 17.4 Å². The lowest BCUT2D eigenvalue weighted by Gasteiger charge is -2.12. The van der Waals surface area contributed by atoms with Crippen LogP contribution in [-0.4, -0.2) is 30.8 Å². The first kappa shape index (κ1) is 13.2. The van der Waals surface area contributed by atoms with Crippen LogP contribution < -0.4 is 17.4 Å². The van der Waals surface area contributed by atoms with E-state index in [1.165, 1.54) is 0 Å². The van der Waals surface area contributed by atoms with E-state index in [0.29, 0.717) is 19.3 Å². The van der Waals surface area contributed by atoms with Gasteiger partial charge in [0, 0.05) is 0 Å². The molecule has 0 aromatic carbocycles. The normalized spacial score (nSPS) is 14.8. The van der Waals surface area contributed by atoms with Gasteiger partial charge in [-0.15, -0.1) is 0 Å². The van der Waals surface area contributed by atoms with Crippen molar-refractivity contribution < 1.29 is 14.4 Å². The monoisotopic (exact) mass is 203 g/mol. The van der Waals surface area contributed by atoms with Crippen molar-refractivity contribution in [3.8, 4) is 0 Å². The van der Waals surface area contributed by atoms with Crippen LogP contribution in [0.4, 0.5) is 0 Å². The number of Topliss-reactive ketones (excluding diaryl/α,β-unsaturated/α-hetero) is 1. The molecule has 6 nitrogen and oxygen atoms in total. The van der Waals surface area contributed by atoms with Gasteiger partial charge in [-0.05, 0) is 19.4 Å². The van der Waals surface area contributed by atoms with Crippen LogP contribution >= 0.6 is 0 Å². The molecule has 0 bridgehead atoms. The van der Waals surface area contributed by atoms with Crippen LogP contribution in [-0.2, 0) is 14.4 Å². The van der Waals surface area contributed by atoms with E-state index in [0.717, 1.165) is 12.8 Å². The number of hydrogen-bond donors (Lipinski definition) is 3. The molecule has 0 amide bonds. The third-order valence-electron chi connectivity index (χ3n) is 1.89. The molecule has 0 aliphatic carbocycles. The fraction of sp³-hybridized carbons (Fsp3) is 0.750. The molecule has 0 aliphatic heterocycles. The van der Waals surface area contributed by atoms with Gasteiger partial charge in [0.1, 0.15) is 0 Å². The molecule has 0 heterocycles. The molecule has 0 aliphatic rings. The standard InChI is InChI=1S/C8H17N3O3/c9-4-2-1-3-6(10)8(13)7(5-12)14-11/h5-7H,1-4,9-11H2/t6-,7?/m0/s1. The third kappa shape index (κ3) is 4.43. The van der Waals surface area contributed by atoms with E-state index in [1.807, 2.05) is 0 Å². The minimum atomic E-state index is -1.25. The average molecular weight is 203 g/mol. The lowest BCUT2D eigenvalue weighted by molar-refractivity contribution is -0.137. The van der Waals surface area contributed by atoms with Crippen LogP contribution in [0, 0.1) is 0 Å². The Bertz CT molecular complexity index is 187. The summed E-state index contributed by atoms with van der Waals surface area (Å²) in [5, 5.41) is 0. The summed E-state index contributed by atoms with van der Waals surface area (Å²) >= 11 is 0. The zero-order chi connectivity index (χ0) is 11.0. The Balaban J connectivity index is 3.90. The van der Waals surface area contributed by atoms with Crippen molar-refractivity contribution in [2.75, 3.05) is 6.54 Å². The van der Waals surface area contributed by atoms with E-state index >= 15 is 0 Å². The molecule has 0 fully saturated rings. The van der Waals surface area contributed by atoms with E-state index in [2.05, 4.69) is 4.84 Å². The Labute approximate surface area is 82.7 Å². The van der Waals surface area contributed by atoms with Gasteiger partial charge in [0.2, 0.25) is 0 Å². The van der Waals surface area contributed by atoms with Gasteiger partial charge in [-0.3, -0.25) is 14.4 Å². The largest absolute Gasteiger partial charge is 0.330 e. The molecule has 0 saturated heterocycles. The number of carbonyl (C=O) groups is 2. The van der Waals surface area contributed by atoms with Crippen molar-refractivity contribution in [3.05, 3.63) is 0 Å². The average Bonchev–Trinajstić information content (AvgIpc) is 2.19. The quantitative estimate of drug-likeness (QED) is 0.190. The molecule has 82 valence electrons. The minimum absolute atomic E-state index is 0.338. The topological polar surface area (TPSA) is 121 Å². The molecule has 2 atom stereocenters. The van der Waals surface area contributed by atoms with Gasteiger partial charge in [0.25, 0.3) is 0 Å². The molecule has 6 heteroatoms. The second kappa shape index (κ2) is 7.57. The fourth-order valence-corrected chi connectivity index (χ4v) is 1.03. The van der Waals surface area contributed by atoms with Gasteiger partial charge in [-0.2, -0.15) is 0 Å². The number of aldehydes is 1. The lowest BCUT2D eigenvalue weighted by Crippen LogP contribution is -2.42. The summed E-state index contributed by atoms with van der Waals surface area (Å²) in [5.74, 6) is 4.26. The summed E-state index contributed by atoms with van der Waals surface area (Å²) in [7, 11) is 0. The smallest absolute Gasteiger partial charge is 0.193 e. The summed E-state index contributed by atoms with van der Waals surface area (Å²) in [4.78, 5) is 25.8. The predicted molar refractivity (Wildman–Crippen MR) is 51.0 cm³/mol. The van der Waals surface area contributed by atoms with Crippen LogP contribution in [0.3, 0.4) is 0 Å². The maximum atomic E-state index is 11.3. The van der Waals surface area contributed by atoms with Crippen molar-refractivity contribution in [3.63, 3.8) is 0 Å². The van der Waals surface area contributed by atoms with Gasteiger partial charge in [0.15, 0.2) is 18.2 Å². The summed E-state index contributed by atoms with van der Waals surface area (Å²) in [6.07, 6.45) is 1.13. The lowest BCUT2D eigenvalue weighted by atomic mass is 10.0. The number of hydrogen-bond acceptors (Lipinski definition) is 6. The second-order valence-electron chi connectivity index (χ2n) is 2.99. The maximum absolute atomic E-state index is 11.3. The number of unbranched alkanes of at least 4 members (excludes halogenated alkanes) is 1. The SMILES string of the molecule is NCCCC[C@H](N)C(=O)C(C=O)ON. The van der Waals surface area contributed by atoms with E-state index < -0.39 is 17.9 Å². The fourth-order valence-electron chi connectivity index (χ4n) is 1.03. The van der Waals surface area contributed by atoms with E-state index in [-0.39, 0.29) is 0 Å². The summed E-state index contributed by atoms with van der Waals surface area (Å²) in [6.45, 7) is 0.561. The highest BCUT2D eigenvalue weighted by Crippen LogP contribution is 2.01. The molecule has 0 aromatic heterocycles. The van der Waals surface area contributed by atoms with E-state index in [1.54, 1.807) is 0 Å². The molecule has 0 rings (SSSR count).